The van der Waals surface area contributed by atoms with Crippen LogP contribution in [0.25, 0.3) is 0 Å². The van der Waals surface area contributed by atoms with Gasteiger partial charge in [0.05, 0.1) is 5.92 Å². The van der Waals surface area contributed by atoms with E-state index in [1.165, 1.54) is 25.7 Å². The van der Waals surface area contributed by atoms with Gasteiger partial charge in [0.2, 0.25) is 5.91 Å². The molecular weight excluding hydrogens is 212 g/mol. The third-order valence-corrected chi connectivity index (χ3v) is 4.55. The number of amides is 1. The molecule has 1 aliphatic heterocycles. The van der Waals surface area contributed by atoms with Crippen LogP contribution in [0.5, 0.6) is 0 Å². The topological polar surface area (TPSA) is 41.1 Å². The van der Waals surface area contributed by atoms with Crippen LogP contribution in [0.3, 0.4) is 0 Å². The maximum absolute atomic E-state index is 12.0. The lowest BCUT2D eigenvalue weighted by molar-refractivity contribution is -0.125. The SMILES string of the molecule is CC1CCC(CNC(=O)[C@@H]2CNC[C@H]2C)CC1. The van der Waals surface area contributed by atoms with Crippen molar-refractivity contribution in [2.45, 2.75) is 39.5 Å². The molecule has 0 unspecified atom stereocenters. The molecule has 0 aromatic heterocycles. The first-order chi connectivity index (χ1) is 8.16. The summed E-state index contributed by atoms with van der Waals surface area (Å²) >= 11 is 0. The molecule has 1 saturated heterocycles. The van der Waals surface area contributed by atoms with E-state index < -0.39 is 0 Å². The number of carbonyl (C=O) groups excluding carboxylic acids is 1. The minimum Gasteiger partial charge on any atom is -0.356 e. The summed E-state index contributed by atoms with van der Waals surface area (Å²) in [6.07, 6.45) is 5.25. The van der Waals surface area contributed by atoms with Crippen molar-refractivity contribution in [1.29, 1.82) is 0 Å². The van der Waals surface area contributed by atoms with Crippen LogP contribution in [-0.2, 0) is 4.79 Å². The summed E-state index contributed by atoms with van der Waals surface area (Å²) in [5, 5.41) is 6.45. The molecular formula is C14H26N2O. The van der Waals surface area contributed by atoms with E-state index in [2.05, 4.69) is 24.5 Å². The average Bonchev–Trinajstić information content (AvgIpc) is 2.74. The highest BCUT2D eigenvalue weighted by Crippen LogP contribution is 2.27. The van der Waals surface area contributed by atoms with Crippen molar-refractivity contribution >= 4 is 5.91 Å². The van der Waals surface area contributed by atoms with Crippen molar-refractivity contribution in [2.24, 2.45) is 23.7 Å². The molecule has 98 valence electrons. The van der Waals surface area contributed by atoms with Gasteiger partial charge in [-0.25, -0.2) is 0 Å². The van der Waals surface area contributed by atoms with Crippen LogP contribution in [-0.4, -0.2) is 25.5 Å². The maximum atomic E-state index is 12.0. The van der Waals surface area contributed by atoms with Gasteiger partial charge in [-0.15, -0.1) is 0 Å². The zero-order valence-electron chi connectivity index (χ0n) is 11.2. The number of hydrogen-bond acceptors (Lipinski definition) is 2. The van der Waals surface area contributed by atoms with Crippen LogP contribution in [0.2, 0.25) is 0 Å². The first kappa shape index (κ1) is 12.9. The van der Waals surface area contributed by atoms with Gasteiger partial charge in [-0.1, -0.05) is 26.7 Å². The monoisotopic (exact) mass is 238 g/mol. The van der Waals surface area contributed by atoms with Crippen molar-refractivity contribution < 1.29 is 4.79 Å². The largest absolute Gasteiger partial charge is 0.356 e. The molecule has 1 saturated carbocycles. The summed E-state index contributed by atoms with van der Waals surface area (Å²) in [5.74, 6) is 2.56. The Morgan fingerprint density at radius 1 is 1.18 bits per heavy atom. The molecule has 2 fully saturated rings. The highest BCUT2D eigenvalue weighted by molar-refractivity contribution is 5.79. The van der Waals surface area contributed by atoms with Crippen LogP contribution in [0.1, 0.15) is 39.5 Å². The fourth-order valence-corrected chi connectivity index (χ4v) is 3.07. The smallest absolute Gasteiger partial charge is 0.224 e. The Kier molecular flexibility index (Phi) is 4.43. The van der Waals surface area contributed by atoms with Crippen molar-refractivity contribution in [2.75, 3.05) is 19.6 Å². The first-order valence-corrected chi connectivity index (χ1v) is 7.15. The van der Waals surface area contributed by atoms with Gasteiger partial charge in [-0.3, -0.25) is 4.79 Å². The predicted octanol–water partition coefficient (Wildman–Crippen LogP) is 1.78. The Balaban J connectivity index is 1.69. The summed E-state index contributed by atoms with van der Waals surface area (Å²) in [4.78, 5) is 12.0. The lowest BCUT2D eigenvalue weighted by Crippen LogP contribution is -2.37. The quantitative estimate of drug-likeness (QED) is 0.787. The average molecular weight is 238 g/mol. The van der Waals surface area contributed by atoms with Gasteiger partial charge in [0.1, 0.15) is 0 Å². The summed E-state index contributed by atoms with van der Waals surface area (Å²) in [6.45, 7) is 7.23. The van der Waals surface area contributed by atoms with Gasteiger partial charge in [0, 0.05) is 13.1 Å². The molecule has 2 N–H and O–H groups in total. The molecule has 1 heterocycles. The van der Waals surface area contributed by atoms with E-state index in [1.807, 2.05) is 0 Å². The molecule has 0 radical (unpaired) electrons. The molecule has 0 bridgehead atoms. The van der Waals surface area contributed by atoms with E-state index in [0.717, 1.165) is 31.5 Å². The Bertz CT molecular complexity index is 259. The van der Waals surface area contributed by atoms with E-state index in [9.17, 15) is 4.79 Å². The second-order valence-corrected chi connectivity index (χ2v) is 6.11. The molecule has 0 aromatic carbocycles. The van der Waals surface area contributed by atoms with Gasteiger partial charge >= 0.3 is 0 Å². The van der Waals surface area contributed by atoms with Crippen LogP contribution < -0.4 is 10.6 Å². The lowest BCUT2D eigenvalue weighted by atomic mass is 9.83. The van der Waals surface area contributed by atoms with E-state index in [-0.39, 0.29) is 11.8 Å². The van der Waals surface area contributed by atoms with Gasteiger partial charge in [0.15, 0.2) is 0 Å². The van der Waals surface area contributed by atoms with E-state index in [4.69, 9.17) is 0 Å². The third-order valence-electron chi connectivity index (χ3n) is 4.55. The predicted molar refractivity (Wildman–Crippen MR) is 69.7 cm³/mol. The van der Waals surface area contributed by atoms with Crippen LogP contribution in [0, 0.1) is 23.7 Å². The fourth-order valence-electron chi connectivity index (χ4n) is 3.07. The molecule has 0 spiro atoms. The Morgan fingerprint density at radius 3 is 2.47 bits per heavy atom. The number of nitrogens with one attached hydrogen (secondary N) is 2. The Labute approximate surface area is 105 Å². The molecule has 2 atom stereocenters. The summed E-state index contributed by atoms with van der Waals surface area (Å²) < 4.78 is 0. The summed E-state index contributed by atoms with van der Waals surface area (Å²) in [5.41, 5.74) is 0. The van der Waals surface area contributed by atoms with E-state index in [0.29, 0.717) is 5.92 Å². The first-order valence-electron chi connectivity index (χ1n) is 7.15. The molecule has 2 aliphatic rings. The van der Waals surface area contributed by atoms with Crippen LogP contribution in [0.15, 0.2) is 0 Å². The Morgan fingerprint density at radius 2 is 1.88 bits per heavy atom. The van der Waals surface area contributed by atoms with E-state index in [1.54, 1.807) is 0 Å². The number of hydrogen-bond donors (Lipinski definition) is 2. The lowest BCUT2D eigenvalue weighted by Gasteiger charge is -2.26. The van der Waals surface area contributed by atoms with Crippen LogP contribution >= 0.6 is 0 Å². The van der Waals surface area contributed by atoms with E-state index >= 15 is 0 Å². The van der Waals surface area contributed by atoms with Crippen molar-refractivity contribution in [3.05, 3.63) is 0 Å². The molecule has 17 heavy (non-hydrogen) atoms. The fraction of sp³-hybridized carbons (Fsp3) is 0.929. The van der Waals surface area contributed by atoms with Crippen molar-refractivity contribution in [1.82, 2.24) is 10.6 Å². The van der Waals surface area contributed by atoms with Gasteiger partial charge in [0.25, 0.3) is 0 Å². The molecule has 1 amide bonds. The van der Waals surface area contributed by atoms with Gasteiger partial charge in [-0.05, 0) is 37.1 Å². The van der Waals surface area contributed by atoms with Crippen LogP contribution in [0.4, 0.5) is 0 Å². The number of carbonyl (C=O) groups is 1. The molecule has 0 aromatic rings. The summed E-state index contributed by atoms with van der Waals surface area (Å²) in [7, 11) is 0. The second kappa shape index (κ2) is 5.85. The molecule has 3 heteroatoms. The summed E-state index contributed by atoms with van der Waals surface area (Å²) in [6, 6.07) is 0. The van der Waals surface area contributed by atoms with Crippen molar-refractivity contribution in [3.63, 3.8) is 0 Å². The molecule has 2 rings (SSSR count). The standard InChI is InChI=1S/C14H26N2O/c1-10-3-5-12(6-4-10)8-16-14(17)13-9-15-7-11(13)2/h10-13,15H,3-9H2,1-2H3,(H,16,17)/t10?,11-,12?,13-/m1/s1. The third kappa shape index (κ3) is 3.44. The van der Waals surface area contributed by atoms with Gasteiger partial charge < -0.3 is 10.6 Å². The second-order valence-electron chi connectivity index (χ2n) is 6.11. The van der Waals surface area contributed by atoms with Gasteiger partial charge in [-0.2, -0.15) is 0 Å². The maximum Gasteiger partial charge on any atom is 0.224 e. The zero-order valence-corrected chi connectivity index (χ0v) is 11.2. The zero-order chi connectivity index (χ0) is 12.3. The highest BCUT2D eigenvalue weighted by Gasteiger charge is 2.29. The molecule has 1 aliphatic carbocycles. The highest BCUT2D eigenvalue weighted by atomic mass is 16.1. The minimum absolute atomic E-state index is 0.192. The minimum atomic E-state index is 0.192. The Hall–Kier alpha value is -0.570. The van der Waals surface area contributed by atoms with Crippen molar-refractivity contribution in [3.8, 4) is 0 Å². The number of rotatable bonds is 3. The normalized spacial score (nSPS) is 38.0. The molecule has 3 nitrogen and oxygen atoms in total.